The highest BCUT2D eigenvalue weighted by molar-refractivity contribution is 6.23. The molecule has 0 spiro atoms. The highest BCUT2D eigenvalue weighted by Crippen LogP contribution is 2.36. The number of rotatable bonds is 2. The van der Waals surface area contributed by atoms with Crippen LogP contribution in [0.3, 0.4) is 0 Å². The van der Waals surface area contributed by atoms with Crippen LogP contribution in [0.4, 0.5) is 0 Å². The summed E-state index contributed by atoms with van der Waals surface area (Å²) in [7, 11) is 0. The maximum atomic E-state index is 13.0. The van der Waals surface area contributed by atoms with Crippen molar-refractivity contribution in [2.75, 3.05) is 0 Å². The van der Waals surface area contributed by atoms with E-state index in [1.165, 1.54) is 9.80 Å². The molecule has 6 nitrogen and oxygen atoms in total. The molecule has 1 saturated carbocycles. The zero-order chi connectivity index (χ0) is 19.4. The molecule has 140 valence electrons. The number of imide groups is 2. The minimum atomic E-state index is -0.497. The number of nitrogens with zero attached hydrogens (tertiary/aromatic N) is 2. The van der Waals surface area contributed by atoms with Crippen LogP contribution in [0.5, 0.6) is 0 Å². The van der Waals surface area contributed by atoms with E-state index in [2.05, 4.69) is 0 Å². The van der Waals surface area contributed by atoms with Crippen molar-refractivity contribution in [3.63, 3.8) is 0 Å². The summed E-state index contributed by atoms with van der Waals surface area (Å²) in [6.45, 7) is 0. The zero-order valence-corrected chi connectivity index (χ0v) is 15.1. The van der Waals surface area contributed by atoms with Gasteiger partial charge in [-0.15, -0.1) is 0 Å². The van der Waals surface area contributed by atoms with Gasteiger partial charge in [-0.25, -0.2) is 0 Å². The molecule has 0 radical (unpaired) electrons. The van der Waals surface area contributed by atoms with E-state index >= 15 is 0 Å². The molecule has 0 saturated heterocycles. The Morgan fingerprint density at radius 2 is 0.821 bits per heavy atom. The van der Waals surface area contributed by atoms with Gasteiger partial charge in [0.1, 0.15) is 0 Å². The predicted molar refractivity (Wildman–Crippen MR) is 99.9 cm³/mol. The minimum absolute atomic E-state index is 0.339. The van der Waals surface area contributed by atoms with E-state index < -0.39 is 12.1 Å². The third kappa shape index (κ3) is 2.21. The first-order chi connectivity index (χ1) is 13.6. The lowest BCUT2D eigenvalue weighted by molar-refractivity contribution is 0.0291. The number of hydrogen-bond acceptors (Lipinski definition) is 4. The summed E-state index contributed by atoms with van der Waals surface area (Å²) in [5.74, 6) is -1.36. The molecule has 2 aliphatic heterocycles. The van der Waals surface area contributed by atoms with Crippen LogP contribution in [0.2, 0.25) is 0 Å². The third-order valence-electron chi connectivity index (χ3n) is 6.01. The fraction of sp³-hybridized carbons (Fsp3) is 0.273. The molecule has 6 heteroatoms. The molecule has 0 bridgehead atoms. The largest absolute Gasteiger partial charge is 0.269 e. The monoisotopic (exact) mass is 374 g/mol. The van der Waals surface area contributed by atoms with E-state index in [0.29, 0.717) is 35.1 Å². The first-order valence-corrected chi connectivity index (χ1v) is 9.53. The minimum Gasteiger partial charge on any atom is -0.269 e. The molecule has 2 aromatic carbocycles. The maximum Gasteiger partial charge on any atom is 0.261 e. The Kier molecular flexibility index (Phi) is 3.69. The van der Waals surface area contributed by atoms with Gasteiger partial charge in [0.25, 0.3) is 23.6 Å². The molecule has 0 aromatic heterocycles. The van der Waals surface area contributed by atoms with E-state index in [0.717, 1.165) is 12.8 Å². The number of benzene rings is 2. The van der Waals surface area contributed by atoms with Gasteiger partial charge in [0.2, 0.25) is 0 Å². The predicted octanol–water partition coefficient (Wildman–Crippen LogP) is 2.89. The second kappa shape index (κ2) is 6.12. The number of fused-ring (bicyclic) bond motifs is 2. The van der Waals surface area contributed by atoms with E-state index in [1.54, 1.807) is 48.5 Å². The fourth-order valence-electron chi connectivity index (χ4n) is 4.71. The quantitative estimate of drug-likeness (QED) is 0.758. The number of amides is 4. The molecule has 2 aromatic rings. The third-order valence-corrected chi connectivity index (χ3v) is 6.01. The second-order valence-corrected chi connectivity index (χ2v) is 7.47. The molecule has 0 unspecified atom stereocenters. The van der Waals surface area contributed by atoms with Gasteiger partial charge in [-0.1, -0.05) is 37.1 Å². The van der Waals surface area contributed by atoms with Crippen molar-refractivity contribution in [3.8, 4) is 0 Å². The van der Waals surface area contributed by atoms with Crippen molar-refractivity contribution >= 4 is 23.6 Å². The lowest BCUT2D eigenvalue weighted by Crippen LogP contribution is -2.56. The molecule has 0 N–H and O–H groups in total. The summed E-state index contributed by atoms with van der Waals surface area (Å²) < 4.78 is 0. The Morgan fingerprint density at radius 3 is 1.11 bits per heavy atom. The highest BCUT2D eigenvalue weighted by atomic mass is 16.2. The maximum absolute atomic E-state index is 13.0. The Labute approximate surface area is 161 Å². The summed E-state index contributed by atoms with van der Waals surface area (Å²) >= 11 is 0. The molecule has 4 amide bonds. The highest BCUT2D eigenvalue weighted by Gasteiger charge is 2.49. The van der Waals surface area contributed by atoms with Crippen LogP contribution in [0.15, 0.2) is 48.5 Å². The van der Waals surface area contributed by atoms with Crippen LogP contribution in [0, 0.1) is 0 Å². The number of hydrogen-bond donors (Lipinski definition) is 0. The zero-order valence-electron chi connectivity index (χ0n) is 15.1. The molecule has 1 fully saturated rings. The van der Waals surface area contributed by atoms with Gasteiger partial charge in [0.15, 0.2) is 0 Å². The first kappa shape index (κ1) is 16.9. The SMILES string of the molecule is O=C1c2ccccc2C(=O)N1[C@H]1CCCC[C@@H]1N1C(=O)c2ccccc2C1=O. The van der Waals surface area contributed by atoms with Crippen molar-refractivity contribution in [1.29, 1.82) is 0 Å². The van der Waals surface area contributed by atoms with E-state index in [1.807, 2.05) is 0 Å². The molecule has 5 rings (SSSR count). The first-order valence-electron chi connectivity index (χ1n) is 9.53. The topological polar surface area (TPSA) is 74.8 Å². The molecular weight excluding hydrogens is 356 g/mol. The normalized spacial score (nSPS) is 24.0. The standard InChI is InChI=1S/C22H18N2O4/c25-19-13-7-1-2-8-14(13)20(26)23(19)17-11-5-6-12-18(17)24-21(27)15-9-3-4-10-16(15)22(24)28/h1-4,7-10,17-18H,5-6,11-12H2/t17-,18-/m0/s1. The molecular formula is C22H18N2O4. The van der Waals surface area contributed by atoms with Crippen molar-refractivity contribution in [3.05, 3.63) is 70.8 Å². The molecule has 2 heterocycles. The summed E-state index contributed by atoms with van der Waals surface area (Å²) in [6, 6.07) is 12.5. The molecule has 1 aliphatic carbocycles. The summed E-state index contributed by atoms with van der Waals surface area (Å²) in [5.41, 5.74) is 1.55. The lowest BCUT2D eigenvalue weighted by Gasteiger charge is -2.40. The van der Waals surface area contributed by atoms with Crippen LogP contribution >= 0.6 is 0 Å². The van der Waals surface area contributed by atoms with E-state index in [9.17, 15) is 19.2 Å². The Bertz CT molecular complexity index is 891. The average Bonchev–Trinajstić information content (AvgIpc) is 3.13. The Balaban J connectivity index is 1.53. The Morgan fingerprint density at radius 1 is 0.536 bits per heavy atom. The molecule has 3 aliphatic rings. The Hall–Kier alpha value is -3.28. The molecule has 28 heavy (non-hydrogen) atoms. The smallest absolute Gasteiger partial charge is 0.261 e. The van der Waals surface area contributed by atoms with Crippen molar-refractivity contribution < 1.29 is 19.2 Å². The summed E-state index contributed by atoms with van der Waals surface area (Å²) in [4.78, 5) is 54.4. The van der Waals surface area contributed by atoms with Gasteiger partial charge >= 0.3 is 0 Å². The summed E-state index contributed by atoms with van der Waals surface area (Å²) in [6.07, 6.45) is 2.86. The van der Waals surface area contributed by atoms with Gasteiger partial charge in [0.05, 0.1) is 34.3 Å². The van der Waals surface area contributed by atoms with Crippen LogP contribution in [-0.2, 0) is 0 Å². The fourth-order valence-corrected chi connectivity index (χ4v) is 4.71. The number of carbonyl (C=O) groups is 4. The second-order valence-electron chi connectivity index (χ2n) is 7.47. The number of carbonyl (C=O) groups excluding carboxylic acids is 4. The van der Waals surface area contributed by atoms with Gasteiger partial charge in [0, 0.05) is 0 Å². The van der Waals surface area contributed by atoms with E-state index in [4.69, 9.17) is 0 Å². The van der Waals surface area contributed by atoms with Crippen molar-refractivity contribution in [2.45, 2.75) is 37.8 Å². The van der Waals surface area contributed by atoms with Gasteiger partial charge in [-0.05, 0) is 37.1 Å². The van der Waals surface area contributed by atoms with Crippen LogP contribution < -0.4 is 0 Å². The van der Waals surface area contributed by atoms with Crippen LogP contribution in [-0.4, -0.2) is 45.5 Å². The van der Waals surface area contributed by atoms with Gasteiger partial charge < -0.3 is 0 Å². The molecule has 2 atom stereocenters. The van der Waals surface area contributed by atoms with Crippen molar-refractivity contribution in [1.82, 2.24) is 9.80 Å². The van der Waals surface area contributed by atoms with Crippen LogP contribution in [0.25, 0.3) is 0 Å². The average molecular weight is 374 g/mol. The summed E-state index contributed by atoms with van der Waals surface area (Å²) in [5, 5.41) is 0. The lowest BCUT2D eigenvalue weighted by atomic mass is 9.88. The van der Waals surface area contributed by atoms with Gasteiger partial charge in [-0.2, -0.15) is 0 Å². The van der Waals surface area contributed by atoms with Crippen molar-refractivity contribution in [2.24, 2.45) is 0 Å². The van der Waals surface area contributed by atoms with E-state index in [-0.39, 0.29) is 23.6 Å². The van der Waals surface area contributed by atoms with Gasteiger partial charge in [-0.3, -0.25) is 29.0 Å². The van der Waals surface area contributed by atoms with Crippen LogP contribution in [0.1, 0.15) is 67.1 Å².